The van der Waals surface area contributed by atoms with Crippen molar-refractivity contribution in [1.82, 2.24) is 34.4 Å². The van der Waals surface area contributed by atoms with E-state index in [0.29, 0.717) is 27.8 Å². The highest BCUT2D eigenvalue weighted by atomic mass is 127. The highest BCUT2D eigenvalue weighted by Gasteiger charge is 2.44. The second-order valence-corrected chi connectivity index (χ2v) is 13.0. The fourth-order valence-corrected chi connectivity index (χ4v) is 7.81. The van der Waals surface area contributed by atoms with E-state index in [1.807, 2.05) is 26.0 Å². The maximum atomic E-state index is 13.9. The van der Waals surface area contributed by atoms with Crippen LogP contribution in [0.1, 0.15) is 42.1 Å². The summed E-state index contributed by atoms with van der Waals surface area (Å²) in [6.45, 7) is 5.49. The van der Waals surface area contributed by atoms with Gasteiger partial charge in [-0.15, -0.1) is 20.7 Å². The van der Waals surface area contributed by atoms with Crippen LogP contribution in [0.5, 0.6) is 0 Å². The first-order valence-electron chi connectivity index (χ1n) is 13.7. The van der Waals surface area contributed by atoms with Gasteiger partial charge in [-0.3, -0.25) is 23.7 Å². The molecule has 5 rings (SSSR count). The summed E-state index contributed by atoms with van der Waals surface area (Å²) >= 11 is -0.757. The maximum Gasteiger partial charge on any atom is 0.408 e. The first kappa shape index (κ1) is 31.4. The van der Waals surface area contributed by atoms with E-state index in [9.17, 15) is 27.6 Å². The van der Waals surface area contributed by atoms with Gasteiger partial charge in [0, 0.05) is 42.5 Å². The van der Waals surface area contributed by atoms with Crippen LogP contribution in [0.3, 0.4) is 0 Å². The van der Waals surface area contributed by atoms with Gasteiger partial charge in [-0.25, -0.2) is 9.97 Å². The molecule has 1 aliphatic heterocycles. The van der Waals surface area contributed by atoms with Gasteiger partial charge in [-0.2, -0.15) is 23.4 Å². The molecular weight excluding hydrogens is 692 g/mol. The summed E-state index contributed by atoms with van der Waals surface area (Å²) in [5.41, 5.74) is 3.18. The third kappa shape index (κ3) is 6.42. The van der Waals surface area contributed by atoms with Crippen molar-refractivity contribution in [1.29, 1.82) is 0 Å². The Hall–Kier alpha value is -4.02. The number of ketones is 1. The van der Waals surface area contributed by atoms with Crippen molar-refractivity contribution in [2.24, 2.45) is 5.92 Å². The number of hydrogen-bond donors (Lipinski definition) is 1. The molecule has 3 atom stereocenters. The molecule has 1 fully saturated rings. The highest BCUT2D eigenvalue weighted by molar-refractivity contribution is 14.2. The maximum absolute atomic E-state index is 13.9. The van der Waals surface area contributed by atoms with E-state index in [1.54, 1.807) is 19.3 Å². The quantitative estimate of drug-likeness (QED) is 0.121. The molecule has 1 aromatic carbocycles. The number of Topliss-reactive ketones (excluding diaryl/α,β-unsaturated/α-hetero) is 1. The fourth-order valence-electron chi connectivity index (χ4n) is 5.52. The predicted octanol–water partition coefficient (Wildman–Crippen LogP) is 4.68. The van der Waals surface area contributed by atoms with E-state index in [-0.39, 0.29) is 39.7 Å². The van der Waals surface area contributed by atoms with Crippen LogP contribution >= 0.6 is 20.7 Å². The van der Waals surface area contributed by atoms with Gasteiger partial charge in [0.05, 0.1) is 9.57 Å². The van der Waals surface area contributed by atoms with Crippen LogP contribution in [0.25, 0.3) is 22.0 Å². The molecule has 11 nitrogen and oxygen atoms in total. The number of amides is 2. The van der Waals surface area contributed by atoms with E-state index >= 15 is 0 Å². The number of hydrogen-bond acceptors (Lipinski definition) is 7. The molecular formula is C29H30F3IN8O3. The van der Waals surface area contributed by atoms with Crippen LogP contribution in [0.4, 0.5) is 19.0 Å². The fraction of sp³-hybridized carbons (Fsp3) is 0.379. The zero-order valence-corrected chi connectivity index (χ0v) is 26.5. The van der Waals surface area contributed by atoms with Crippen molar-refractivity contribution in [3.05, 3.63) is 53.9 Å². The Balaban J connectivity index is 1.44. The zero-order valence-electron chi connectivity index (χ0n) is 24.4. The average molecular weight is 723 g/mol. The van der Waals surface area contributed by atoms with Gasteiger partial charge in [0.1, 0.15) is 30.6 Å². The van der Waals surface area contributed by atoms with Crippen LogP contribution in [-0.4, -0.2) is 72.8 Å². The SMILES string of the molecule is C=I[C@@H]1[C@@H](C)C[C@@H](C(=O)Nc2ccn(CC(F)(F)F)n2)N1C(=O)Cn1nc(C(C)=O)c2cc(-c3cnc(C)nc3)cc(C)c21. The molecule has 232 valence electrons. The van der Waals surface area contributed by atoms with Gasteiger partial charge in [-0.1, -0.05) is 11.4 Å². The lowest BCUT2D eigenvalue weighted by atomic mass is 10.0. The normalized spacial score (nSPS) is 18.6. The number of benzene rings is 1. The molecule has 0 aliphatic carbocycles. The molecule has 1 N–H and O–H groups in total. The molecule has 0 radical (unpaired) electrons. The van der Waals surface area contributed by atoms with Crippen LogP contribution < -0.4 is 5.32 Å². The number of likely N-dealkylation sites (tertiary alicyclic amines) is 1. The third-order valence-corrected chi connectivity index (χ3v) is 10.1. The molecule has 1 saturated heterocycles. The lowest BCUT2D eigenvalue weighted by molar-refractivity contribution is -0.142. The van der Waals surface area contributed by atoms with E-state index in [2.05, 4.69) is 30.0 Å². The standard InChI is InChI=1S/C29H30F3IN8O3/c1-15-8-19(20-11-34-18(4)35-12-20)10-21-25(17(3)42)38-40(26(15)21)13-24(43)41-22(9-16(2)27(41)33-5)28(44)36-23-6-7-39(37-23)14-29(30,31)32/h6-8,10-12,16,22,27H,5,9,13-14H2,1-4H3,(H,36,37,44)/t16-,22-,27-/m0/s1. The van der Waals surface area contributed by atoms with Crippen molar-refractivity contribution in [2.45, 2.75) is 63.5 Å². The number of nitrogens with one attached hydrogen (secondary N) is 1. The van der Waals surface area contributed by atoms with Crippen LogP contribution in [-0.2, 0) is 22.7 Å². The number of carbonyl (C=O) groups is 3. The number of aromatic nitrogens is 6. The summed E-state index contributed by atoms with van der Waals surface area (Å²) < 4.78 is 44.3. The Labute approximate surface area is 260 Å². The zero-order chi connectivity index (χ0) is 31.9. The predicted molar refractivity (Wildman–Crippen MR) is 166 cm³/mol. The Morgan fingerprint density at radius 3 is 2.45 bits per heavy atom. The minimum atomic E-state index is -4.46. The minimum absolute atomic E-state index is 0.0223. The number of fused-ring (bicyclic) bond motifs is 1. The van der Waals surface area contributed by atoms with Gasteiger partial charge in [-0.05, 0) is 49.4 Å². The number of aryl methyl sites for hydroxylation is 2. The Morgan fingerprint density at radius 2 is 1.82 bits per heavy atom. The third-order valence-electron chi connectivity index (χ3n) is 7.42. The van der Waals surface area contributed by atoms with Crippen LogP contribution in [0, 0.1) is 19.8 Å². The average Bonchev–Trinajstić information content (AvgIpc) is 3.63. The molecule has 0 unspecified atom stereocenters. The van der Waals surface area contributed by atoms with Crippen molar-refractivity contribution in [3.8, 4) is 11.1 Å². The van der Waals surface area contributed by atoms with E-state index in [4.69, 9.17) is 0 Å². The number of alkyl halides is 4. The number of halogens is 4. The molecule has 3 aromatic heterocycles. The Bertz CT molecular complexity index is 1770. The summed E-state index contributed by atoms with van der Waals surface area (Å²) in [7, 11) is 0. The van der Waals surface area contributed by atoms with E-state index in [1.165, 1.54) is 22.6 Å². The second-order valence-electron chi connectivity index (χ2n) is 10.8. The molecule has 44 heavy (non-hydrogen) atoms. The minimum Gasteiger partial charge on any atom is -0.317 e. The van der Waals surface area contributed by atoms with Gasteiger partial charge in [0.25, 0.3) is 0 Å². The molecule has 4 aromatic rings. The molecule has 0 spiro atoms. The van der Waals surface area contributed by atoms with Crippen molar-refractivity contribution < 1.29 is 27.6 Å². The van der Waals surface area contributed by atoms with E-state index < -0.39 is 45.4 Å². The van der Waals surface area contributed by atoms with Gasteiger partial charge in [0.2, 0.25) is 11.8 Å². The summed E-state index contributed by atoms with van der Waals surface area (Å²) in [6.07, 6.45) is 0.429. The second kappa shape index (κ2) is 12.2. The topological polar surface area (TPSA) is 128 Å². The smallest absolute Gasteiger partial charge is 0.317 e. The molecule has 0 saturated carbocycles. The van der Waals surface area contributed by atoms with Gasteiger partial charge >= 0.3 is 6.18 Å². The first-order chi connectivity index (χ1) is 20.8. The monoisotopic (exact) mass is 722 g/mol. The van der Waals surface area contributed by atoms with Crippen molar-refractivity contribution in [3.63, 3.8) is 0 Å². The first-order valence-corrected chi connectivity index (χ1v) is 16.4. The Morgan fingerprint density at radius 1 is 1.11 bits per heavy atom. The summed E-state index contributed by atoms with van der Waals surface area (Å²) in [5, 5.41) is 11.5. The van der Waals surface area contributed by atoms with Crippen molar-refractivity contribution >= 4 is 59.6 Å². The summed E-state index contributed by atoms with van der Waals surface area (Å²) in [6, 6.07) is 4.15. The number of rotatable bonds is 8. The number of carbonyl (C=O) groups excluding carboxylic acids is 3. The van der Waals surface area contributed by atoms with Crippen LogP contribution in [0.2, 0.25) is 0 Å². The highest BCUT2D eigenvalue weighted by Crippen LogP contribution is 2.37. The molecule has 15 heteroatoms. The molecule has 4 heterocycles. The molecule has 2 amide bonds. The molecule has 0 bridgehead atoms. The largest absolute Gasteiger partial charge is 0.408 e. The summed E-state index contributed by atoms with van der Waals surface area (Å²) in [4.78, 5) is 50.0. The van der Waals surface area contributed by atoms with Gasteiger partial charge < -0.3 is 10.2 Å². The lowest BCUT2D eigenvalue weighted by Gasteiger charge is -2.28. The lowest BCUT2D eigenvalue weighted by Crippen LogP contribution is -2.47. The molecule has 1 aliphatic rings. The van der Waals surface area contributed by atoms with Crippen LogP contribution in [0.15, 0.2) is 36.8 Å². The Kier molecular flexibility index (Phi) is 8.68. The van der Waals surface area contributed by atoms with E-state index in [0.717, 1.165) is 22.9 Å². The van der Waals surface area contributed by atoms with Gasteiger partial charge in [0.15, 0.2) is 11.6 Å². The number of nitrogens with zero attached hydrogens (tertiary/aromatic N) is 7. The van der Waals surface area contributed by atoms with Crippen molar-refractivity contribution in [2.75, 3.05) is 5.32 Å². The number of anilines is 1. The summed E-state index contributed by atoms with van der Waals surface area (Å²) in [5.74, 6) is -0.618.